The lowest BCUT2D eigenvalue weighted by Gasteiger charge is -2.27. The number of hydrogen-bond acceptors (Lipinski definition) is 6. The molecule has 0 amide bonds. The Balaban J connectivity index is 1.45. The maximum atomic E-state index is 12.7. The molecule has 0 spiro atoms. The molecule has 1 aliphatic carbocycles. The number of aliphatic hydroxyl groups excluding tert-OH is 1. The second-order valence-corrected chi connectivity index (χ2v) is 13.7. The Morgan fingerprint density at radius 1 is 1.05 bits per heavy atom. The summed E-state index contributed by atoms with van der Waals surface area (Å²) in [5.41, 5.74) is 4.20. The van der Waals surface area contributed by atoms with E-state index in [4.69, 9.17) is 4.74 Å². The largest absolute Gasteiger partial charge is 0.387 e. The van der Waals surface area contributed by atoms with Crippen LogP contribution in [0.25, 0.3) is 11.4 Å². The first kappa shape index (κ1) is 27.1. The molecule has 1 aromatic carbocycles. The summed E-state index contributed by atoms with van der Waals surface area (Å²) in [5, 5.41) is 20.3. The topological polar surface area (TPSA) is 113 Å². The smallest absolute Gasteiger partial charge is 0.181 e. The molecular weight excluding hydrogens is 500 g/mol. The van der Waals surface area contributed by atoms with Gasteiger partial charge in [-0.1, -0.05) is 18.2 Å². The van der Waals surface area contributed by atoms with Crippen molar-refractivity contribution in [2.45, 2.75) is 80.6 Å². The highest BCUT2D eigenvalue weighted by Gasteiger charge is 2.37. The minimum atomic E-state index is -3.22. The zero-order valence-electron chi connectivity index (χ0n) is 22.4. The van der Waals surface area contributed by atoms with Crippen LogP contribution in [0.4, 0.5) is 0 Å². The standard InChI is InChI=1S/C30H38N2O5S/c1-19-16-27(32-28(19)26-11-6-22(18-31-26)29(33)30(2,3)34)25(17-20-12-14-37-15-13-20)21-4-7-23(8-5-21)38(35,36)24-9-10-24/h4-8,11,16,18,20,24-25,29,32-34H,9-10,12-15,17H2,1-3H3. The predicted octanol–water partition coefficient (Wildman–Crippen LogP) is 5.07. The maximum absolute atomic E-state index is 12.7. The quantitative estimate of drug-likeness (QED) is 0.351. The van der Waals surface area contributed by atoms with Gasteiger partial charge in [0.05, 0.1) is 27.1 Å². The van der Waals surface area contributed by atoms with Crippen LogP contribution in [0.3, 0.4) is 0 Å². The summed E-state index contributed by atoms with van der Waals surface area (Å²) >= 11 is 0. The summed E-state index contributed by atoms with van der Waals surface area (Å²) in [4.78, 5) is 8.61. The fraction of sp³-hybridized carbons (Fsp3) is 0.500. The highest BCUT2D eigenvalue weighted by atomic mass is 32.2. The van der Waals surface area contributed by atoms with Gasteiger partial charge in [-0.25, -0.2) is 8.42 Å². The van der Waals surface area contributed by atoms with Gasteiger partial charge < -0.3 is 19.9 Å². The average Bonchev–Trinajstić information content (AvgIpc) is 3.70. The third kappa shape index (κ3) is 5.73. The van der Waals surface area contributed by atoms with Crippen molar-refractivity contribution in [3.8, 4) is 11.4 Å². The maximum Gasteiger partial charge on any atom is 0.181 e. The molecule has 8 heteroatoms. The molecule has 2 unspecified atom stereocenters. The van der Waals surface area contributed by atoms with Gasteiger partial charge in [-0.3, -0.25) is 4.98 Å². The molecule has 1 saturated heterocycles. The van der Waals surface area contributed by atoms with Crippen LogP contribution in [0.5, 0.6) is 0 Å². The van der Waals surface area contributed by atoms with Crippen molar-refractivity contribution in [1.82, 2.24) is 9.97 Å². The van der Waals surface area contributed by atoms with Gasteiger partial charge in [-0.05, 0) is 94.2 Å². The lowest BCUT2D eigenvalue weighted by Crippen LogP contribution is -2.28. The third-order valence-corrected chi connectivity index (χ3v) is 10.2. The van der Waals surface area contributed by atoms with E-state index in [9.17, 15) is 18.6 Å². The first-order chi connectivity index (χ1) is 18.0. The Morgan fingerprint density at radius 3 is 2.29 bits per heavy atom. The molecule has 38 heavy (non-hydrogen) atoms. The molecular formula is C30H38N2O5S. The van der Waals surface area contributed by atoms with Crippen molar-refractivity contribution in [2.24, 2.45) is 5.92 Å². The number of aliphatic hydroxyl groups is 2. The number of nitrogens with one attached hydrogen (secondary N) is 1. The van der Waals surface area contributed by atoms with E-state index in [-0.39, 0.29) is 11.2 Å². The average molecular weight is 539 g/mol. The molecule has 2 aromatic heterocycles. The Bertz CT molecular complexity index is 1350. The van der Waals surface area contributed by atoms with Crippen LogP contribution in [0, 0.1) is 12.8 Å². The molecule has 0 radical (unpaired) electrons. The summed E-state index contributed by atoms with van der Waals surface area (Å²) in [7, 11) is -3.22. The fourth-order valence-electron chi connectivity index (χ4n) is 5.38. The summed E-state index contributed by atoms with van der Waals surface area (Å²) in [5.74, 6) is 0.607. The Labute approximate surface area is 225 Å². The van der Waals surface area contributed by atoms with Crippen LogP contribution in [0.2, 0.25) is 0 Å². The number of rotatable bonds is 9. The van der Waals surface area contributed by atoms with Crippen molar-refractivity contribution in [3.05, 3.63) is 71.0 Å². The number of benzene rings is 1. The van der Waals surface area contributed by atoms with Gasteiger partial charge in [0, 0.05) is 36.6 Å². The molecule has 0 bridgehead atoms. The first-order valence-electron chi connectivity index (χ1n) is 13.5. The number of hydrogen-bond donors (Lipinski definition) is 3. The first-order valence-corrected chi connectivity index (χ1v) is 15.1. The van der Waals surface area contributed by atoms with Crippen molar-refractivity contribution in [2.75, 3.05) is 13.2 Å². The van der Waals surface area contributed by atoms with Crippen LogP contribution in [-0.2, 0) is 14.6 Å². The molecule has 2 aliphatic rings. The summed E-state index contributed by atoms with van der Waals surface area (Å²) < 4.78 is 31.0. The fourth-order valence-corrected chi connectivity index (χ4v) is 7.04. The molecule has 7 nitrogen and oxygen atoms in total. The van der Waals surface area contributed by atoms with E-state index in [1.165, 1.54) is 0 Å². The van der Waals surface area contributed by atoms with Gasteiger partial charge in [-0.2, -0.15) is 0 Å². The SMILES string of the molecule is Cc1cc(C(CC2CCOCC2)c2ccc(S(=O)(=O)C3CC3)cc2)[nH]c1-c1ccc(C(O)C(C)(C)O)cn1. The Hall–Kier alpha value is -2.52. The number of nitrogens with zero attached hydrogens (tertiary/aromatic N) is 1. The van der Waals surface area contributed by atoms with E-state index in [0.717, 1.165) is 73.5 Å². The summed E-state index contributed by atoms with van der Waals surface area (Å²) in [6.07, 6.45) is 5.07. The lowest BCUT2D eigenvalue weighted by molar-refractivity contribution is -0.0498. The van der Waals surface area contributed by atoms with Crippen molar-refractivity contribution >= 4 is 9.84 Å². The molecule has 1 aliphatic heterocycles. The minimum absolute atomic E-state index is 0.0829. The number of pyridine rings is 1. The second-order valence-electron chi connectivity index (χ2n) is 11.5. The summed E-state index contributed by atoms with van der Waals surface area (Å²) in [6, 6.07) is 13.3. The number of sulfone groups is 1. The van der Waals surface area contributed by atoms with E-state index in [1.54, 1.807) is 38.2 Å². The normalized spacial score (nSPS) is 18.9. The van der Waals surface area contributed by atoms with E-state index in [0.29, 0.717) is 16.4 Å². The molecule has 1 saturated carbocycles. The molecule has 204 valence electrons. The second kappa shape index (κ2) is 10.6. The Morgan fingerprint density at radius 2 is 1.71 bits per heavy atom. The van der Waals surface area contributed by atoms with Gasteiger partial charge in [0.15, 0.2) is 9.84 Å². The minimum Gasteiger partial charge on any atom is -0.387 e. The summed E-state index contributed by atoms with van der Waals surface area (Å²) in [6.45, 7) is 6.74. The molecule has 5 rings (SSSR count). The highest BCUT2D eigenvalue weighted by molar-refractivity contribution is 7.92. The molecule has 3 N–H and O–H groups in total. The van der Waals surface area contributed by atoms with Crippen LogP contribution in [0.1, 0.15) is 80.4 Å². The predicted molar refractivity (Wildman–Crippen MR) is 147 cm³/mol. The van der Waals surface area contributed by atoms with E-state index in [1.807, 2.05) is 25.1 Å². The molecule has 2 fully saturated rings. The highest BCUT2D eigenvalue weighted by Crippen LogP contribution is 2.38. The van der Waals surface area contributed by atoms with Crippen LogP contribution < -0.4 is 0 Å². The van der Waals surface area contributed by atoms with E-state index < -0.39 is 21.5 Å². The van der Waals surface area contributed by atoms with Gasteiger partial charge >= 0.3 is 0 Å². The Kier molecular flexibility index (Phi) is 7.52. The van der Waals surface area contributed by atoms with Crippen molar-refractivity contribution in [3.63, 3.8) is 0 Å². The zero-order valence-corrected chi connectivity index (χ0v) is 23.2. The van der Waals surface area contributed by atoms with Crippen LogP contribution in [-0.4, -0.2) is 52.7 Å². The van der Waals surface area contributed by atoms with E-state index >= 15 is 0 Å². The lowest BCUT2D eigenvalue weighted by atomic mass is 9.83. The van der Waals surface area contributed by atoms with Crippen LogP contribution in [0.15, 0.2) is 53.6 Å². The number of H-pyrrole nitrogens is 1. The molecule has 3 aromatic rings. The zero-order chi connectivity index (χ0) is 27.1. The molecule has 3 heterocycles. The van der Waals surface area contributed by atoms with Crippen molar-refractivity contribution < 1.29 is 23.4 Å². The van der Waals surface area contributed by atoms with Crippen molar-refractivity contribution in [1.29, 1.82) is 0 Å². The van der Waals surface area contributed by atoms with Gasteiger partial charge in [-0.15, -0.1) is 0 Å². The van der Waals surface area contributed by atoms with Crippen LogP contribution >= 0.6 is 0 Å². The van der Waals surface area contributed by atoms with Gasteiger partial charge in [0.2, 0.25) is 0 Å². The third-order valence-electron chi connectivity index (χ3n) is 7.92. The number of aromatic amines is 1. The monoisotopic (exact) mass is 538 g/mol. The van der Waals surface area contributed by atoms with E-state index in [2.05, 4.69) is 16.0 Å². The number of ether oxygens (including phenoxy) is 1. The van der Waals surface area contributed by atoms with Gasteiger partial charge in [0.25, 0.3) is 0 Å². The number of aryl methyl sites for hydroxylation is 1. The van der Waals surface area contributed by atoms with Gasteiger partial charge in [0.1, 0.15) is 6.10 Å². The number of aromatic nitrogens is 2. The molecule has 2 atom stereocenters.